The molecule has 24 heavy (non-hydrogen) atoms. The summed E-state index contributed by atoms with van der Waals surface area (Å²) in [7, 11) is 0. The van der Waals surface area contributed by atoms with Crippen LogP contribution >= 0.6 is 0 Å². The van der Waals surface area contributed by atoms with Crippen molar-refractivity contribution in [3.8, 4) is 0 Å². The molecule has 2 aromatic heterocycles. The molecule has 1 aliphatic carbocycles. The normalized spacial score (nSPS) is 20.8. The molecule has 3 heterocycles. The van der Waals surface area contributed by atoms with Crippen molar-refractivity contribution in [3.63, 3.8) is 0 Å². The first kappa shape index (κ1) is 15.2. The van der Waals surface area contributed by atoms with Gasteiger partial charge in [0, 0.05) is 25.2 Å². The van der Waals surface area contributed by atoms with E-state index < -0.39 is 0 Å². The Morgan fingerprint density at radius 2 is 2.25 bits per heavy atom. The van der Waals surface area contributed by atoms with Crippen LogP contribution in [0.2, 0.25) is 0 Å². The van der Waals surface area contributed by atoms with Crippen molar-refractivity contribution in [2.45, 2.75) is 38.1 Å². The summed E-state index contributed by atoms with van der Waals surface area (Å²) in [5, 5.41) is 10.4. The number of carbonyl (C=O) groups is 1. The second kappa shape index (κ2) is 6.63. The molecule has 1 saturated heterocycles. The summed E-state index contributed by atoms with van der Waals surface area (Å²) in [6.45, 7) is 2.23. The van der Waals surface area contributed by atoms with E-state index in [1.54, 1.807) is 6.20 Å². The van der Waals surface area contributed by atoms with Gasteiger partial charge in [-0.05, 0) is 43.9 Å². The van der Waals surface area contributed by atoms with Gasteiger partial charge in [-0.15, -0.1) is 0 Å². The van der Waals surface area contributed by atoms with Crippen LogP contribution in [0.5, 0.6) is 0 Å². The fraction of sp³-hybridized carbons (Fsp3) is 0.500. The molecule has 1 saturated carbocycles. The molecule has 0 bridgehead atoms. The Hall–Kier alpha value is -2.37. The molecule has 2 aromatic rings. The van der Waals surface area contributed by atoms with Crippen LogP contribution in [0.3, 0.4) is 0 Å². The van der Waals surface area contributed by atoms with Gasteiger partial charge in [-0.2, -0.15) is 5.10 Å². The van der Waals surface area contributed by atoms with E-state index in [0.717, 1.165) is 43.1 Å². The Labute approximate surface area is 141 Å². The minimum Gasteiger partial charge on any atom is -0.356 e. The zero-order valence-electron chi connectivity index (χ0n) is 13.7. The number of anilines is 1. The van der Waals surface area contributed by atoms with Gasteiger partial charge in [0.25, 0.3) is 0 Å². The first-order chi connectivity index (χ1) is 11.8. The van der Waals surface area contributed by atoms with Gasteiger partial charge in [0.2, 0.25) is 5.91 Å². The number of pyridine rings is 1. The third-order valence-electron chi connectivity index (χ3n) is 4.86. The van der Waals surface area contributed by atoms with Gasteiger partial charge in [-0.1, -0.05) is 6.07 Å². The molecule has 2 N–H and O–H groups in total. The summed E-state index contributed by atoms with van der Waals surface area (Å²) in [4.78, 5) is 19.1. The van der Waals surface area contributed by atoms with Crippen LogP contribution in [0.25, 0.3) is 0 Å². The molecule has 1 aliphatic heterocycles. The molecule has 1 amide bonds. The third kappa shape index (κ3) is 3.42. The van der Waals surface area contributed by atoms with Crippen molar-refractivity contribution >= 4 is 11.7 Å². The lowest BCUT2D eigenvalue weighted by Crippen LogP contribution is -2.43. The van der Waals surface area contributed by atoms with Crippen LogP contribution in [0, 0.1) is 5.92 Å². The van der Waals surface area contributed by atoms with E-state index in [1.165, 1.54) is 12.8 Å². The summed E-state index contributed by atoms with van der Waals surface area (Å²) in [6, 6.07) is 7.99. The van der Waals surface area contributed by atoms with Crippen molar-refractivity contribution in [2.75, 3.05) is 18.0 Å². The van der Waals surface area contributed by atoms with E-state index in [1.807, 2.05) is 18.2 Å². The molecule has 0 aromatic carbocycles. The second-order valence-corrected chi connectivity index (χ2v) is 6.78. The minimum absolute atomic E-state index is 0.0200. The van der Waals surface area contributed by atoms with Crippen molar-refractivity contribution in [1.82, 2.24) is 20.5 Å². The van der Waals surface area contributed by atoms with Crippen molar-refractivity contribution < 1.29 is 4.79 Å². The zero-order valence-corrected chi connectivity index (χ0v) is 13.7. The molecular weight excluding hydrogens is 302 g/mol. The molecule has 6 nitrogen and oxygen atoms in total. The maximum Gasteiger partial charge on any atom is 0.225 e. The van der Waals surface area contributed by atoms with Crippen molar-refractivity contribution in [2.24, 2.45) is 5.92 Å². The number of nitrogens with one attached hydrogen (secondary N) is 2. The first-order valence-electron chi connectivity index (χ1n) is 8.77. The lowest BCUT2D eigenvalue weighted by molar-refractivity contribution is -0.125. The monoisotopic (exact) mass is 325 g/mol. The smallest absolute Gasteiger partial charge is 0.225 e. The average molecular weight is 325 g/mol. The van der Waals surface area contributed by atoms with E-state index in [0.29, 0.717) is 12.5 Å². The maximum atomic E-state index is 12.5. The number of rotatable bonds is 5. The quantitative estimate of drug-likeness (QED) is 0.884. The molecule has 2 fully saturated rings. The van der Waals surface area contributed by atoms with E-state index in [-0.39, 0.29) is 11.8 Å². The Morgan fingerprint density at radius 3 is 3.04 bits per heavy atom. The highest BCUT2D eigenvalue weighted by Crippen LogP contribution is 2.38. The predicted octanol–water partition coefficient (Wildman–Crippen LogP) is 2.21. The highest BCUT2D eigenvalue weighted by atomic mass is 16.1. The Morgan fingerprint density at radius 1 is 1.33 bits per heavy atom. The SMILES string of the molecule is O=C(NCc1cc(C2CC2)n[nH]1)[C@H]1CCCN(c2ccccn2)C1. The fourth-order valence-corrected chi connectivity index (χ4v) is 3.32. The number of carbonyl (C=O) groups excluding carboxylic acids is 1. The highest BCUT2D eigenvalue weighted by Gasteiger charge is 2.27. The largest absolute Gasteiger partial charge is 0.356 e. The second-order valence-electron chi connectivity index (χ2n) is 6.78. The average Bonchev–Trinajstić information content (AvgIpc) is 3.39. The third-order valence-corrected chi connectivity index (χ3v) is 4.86. The van der Waals surface area contributed by atoms with Crippen LogP contribution in [0.1, 0.15) is 43.0 Å². The van der Waals surface area contributed by atoms with Gasteiger partial charge >= 0.3 is 0 Å². The van der Waals surface area contributed by atoms with Gasteiger partial charge in [0.1, 0.15) is 5.82 Å². The van der Waals surface area contributed by atoms with Gasteiger partial charge in [-0.25, -0.2) is 4.98 Å². The number of hydrogen-bond donors (Lipinski definition) is 2. The van der Waals surface area contributed by atoms with E-state index >= 15 is 0 Å². The van der Waals surface area contributed by atoms with Crippen LogP contribution < -0.4 is 10.2 Å². The van der Waals surface area contributed by atoms with E-state index in [2.05, 4.69) is 31.5 Å². The highest BCUT2D eigenvalue weighted by molar-refractivity contribution is 5.79. The summed E-state index contributed by atoms with van der Waals surface area (Å²) in [6.07, 6.45) is 6.23. The first-order valence-corrected chi connectivity index (χ1v) is 8.77. The van der Waals surface area contributed by atoms with Crippen LogP contribution in [0.15, 0.2) is 30.5 Å². The van der Waals surface area contributed by atoms with E-state index in [4.69, 9.17) is 0 Å². The number of aromatic nitrogens is 3. The molecule has 4 rings (SSSR count). The lowest BCUT2D eigenvalue weighted by atomic mass is 9.97. The molecule has 6 heteroatoms. The predicted molar refractivity (Wildman–Crippen MR) is 91.6 cm³/mol. The molecule has 0 radical (unpaired) electrons. The molecule has 2 aliphatic rings. The van der Waals surface area contributed by atoms with Crippen molar-refractivity contribution in [3.05, 3.63) is 41.9 Å². The van der Waals surface area contributed by atoms with Gasteiger partial charge in [0.05, 0.1) is 23.9 Å². The molecule has 1 atom stereocenters. The number of aromatic amines is 1. The summed E-state index contributed by atoms with van der Waals surface area (Å²) >= 11 is 0. The van der Waals surface area contributed by atoms with Crippen molar-refractivity contribution in [1.29, 1.82) is 0 Å². The van der Waals surface area contributed by atoms with Crippen LogP contribution in [-0.2, 0) is 11.3 Å². The van der Waals surface area contributed by atoms with E-state index in [9.17, 15) is 4.79 Å². The summed E-state index contributed by atoms with van der Waals surface area (Å²) < 4.78 is 0. The lowest BCUT2D eigenvalue weighted by Gasteiger charge is -2.32. The number of nitrogens with zero attached hydrogens (tertiary/aromatic N) is 3. The molecule has 0 unspecified atom stereocenters. The Kier molecular flexibility index (Phi) is 4.19. The summed E-state index contributed by atoms with van der Waals surface area (Å²) in [5.41, 5.74) is 2.13. The Balaban J connectivity index is 1.31. The number of piperidine rings is 1. The number of amides is 1. The standard InChI is InChI=1S/C18H23N5O/c24-18(20-11-15-10-16(22-21-15)13-6-7-13)14-4-3-9-23(12-14)17-5-1-2-8-19-17/h1-2,5,8,10,13-14H,3-4,6-7,9,11-12H2,(H,20,24)(H,21,22)/t14-/m0/s1. The molecular formula is C18H23N5O. The molecule has 0 spiro atoms. The molecule has 126 valence electrons. The van der Waals surface area contributed by atoms with Gasteiger partial charge in [-0.3, -0.25) is 9.89 Å². The van der Waals surface area contributed by atoms with Crippen LogP contribution in [0.4, 0.5) is 5.82 Å². The zero-order chi connectivity index (χ0) is 16.4. The van der Waals surface area contributed by atoms with Gasteiger partial charge in [0.15, 0.2) is 0 Å². The summed E-state index contributed by atoms with van der Waals surface area (Å²) in [5.74, 6) is 1.73. The maximum absolute atomic E-state index is 12.5. The van der Waals surface area contributed by atoms with Gasteiger partial charge < -0.3 is 10.2 Å². The Bertz CT molecular complexity index is 694. The number of H-pyrrole nitrogens is 1. The number of hydrogen-bond acceptors (Lipinski definition) is 4. The minimum atomic E-state index is 0.0200. The fourth-order valence-electron chi connectivity index (χ4n) is 3.32. The topological polar surface area (TPSA) is 73.9 Å². The van der Waals surface area contributed by atoms with Crippen LogP contribution in [-0.4, -0.2) is 34.2 Å².